The zero-order valence-electron chi connectivity index (χ0n) is 12.2. The number of nitrogens with zero attached hydrogens (tertiary/aromatic N) is 1. The number of nitrogens with one attached hydrogen (secondary N) is 2. The maximum absolute atomic E-state index is 13.9. The summed E-state index contributed by atoms with van der Waals surface area (Å²) in [5.74, 6) is 3.19. The Morgan fingerprint density at radius 2 is 1.96 bits per heavy atom. The number of carbonyl (C=O) groups is 1. The number of alkyl halides is 3. The average Bonchev–Trinajstić information content (AvgIpc) is 2.56. The predicted molar refractivity (Wildman–Crippen MR) is 82.4 cm³/mol. The minimum atomic E-state index is -5.07. The van der Waals surface area contributed by atoms with E-state index in [-0.39, 0.29) is 11.4 Å². The Morgan fingerprint density at radius 3 is 2.60 bits per heavy atom. The van der Waals surface area contributed by atoms with Gasteiger partial charge in [0.1, 0.15) is 11.5 Å². The first-order valence-corrected chi connectivity index (χ1v) is 7.21. The fourth-order valence-electron chi connectivity index (χ4n) is 2.38. The van der Waals surface area contributed by atoms with E-state index in [4.69, 9.17) is 11.6 Å². The van der Waals surface area contributed by atoms with Gasteiger partial charge in [0.15, 0.2) is 0 Å². The fraction of sp³-hybridized carbons (Fsp3) is 0.125. The van der Waals surface area contributed by atoms with Crippen LogP contribution in [0.1, 0.15) is 11.3 Å². The summed E-state index contributed by atoms with van der Waals surface area (Å²) in [6.07, 6.45) is -3.72. The van der Waals surface area contributed by atoms with Crippen LogP contribution in [0.3, 0.4) is 0 Å². The Labute approximate surface area is 144 Å². The van der Waals surface area contributed by atoms with Gasteiger partial charge < -0.3 is 10.6 Å². The number of urea groups is 1. The molecule has 2 aromatic rings. The molecule has 1 unspecified atom stereocenters. The molecule has 0 saturated carbocycles. The van der Waals surface area contributed by atoms with E-state index < -0.39 is 34.1 Å². The number of aromatic nitrogens is 1. The normalized spacial score (nSPS) is 19.2. The highest BCUT2D eigenvalue weighted by atomic mass is 35.5. The van der Waals surface area contributed by atoms with E-state index in [0.29, 0.717) is 0 Å². The third-order valence-electron chi connectivity index (χ3n) is 3.49. The Kier molecular flexibility index (Phi) is 4.05. The van der Waals surface area contributed by atoms with Crippen LogP contribution in [0.2, 0.25) is 5.02 Å². The summed E-state index contributed by atoms with van der Waals surface area (Å²) >= 11 is 5.78. The van der Waals surface area contributed by atoms with Crippen LogP contribution in [0.15, 0.2) is 36.5 Å². The van der Waals surface area contributed by atoms with E-state index in [1.165, 1.54) is 12.3 Å². The quantitative estimate of drug-likeness (QED) is 0.548. The largest absolute Gasteiger partial charge is 0.427 e. The lowest BCUT2D eigenvalue weighted by Crippen LogP contribution is -2.59. The van der Waals surface area contributed by atoms with Crippen molar-refractivity contribution in [2.45, 2.75) is 11.7 Å². The van der Waals surface area contributed by atoms with Gasteiger partial charge in [-0.1, -0.05) is 23.6 Å². The molecule has 1 aliphatic heterocycles. The summed E-state index contributed by atoms with van der Waals surface area (Å²) in [6, 6.07) is 5.23. The molecule has 2 heterocycles. The molecule has 9 heteroatoms. The van der Waals surface area contributed by atoms with E-state index in [1.54, 1.807) is 17.4 Å². The zero-order chi connectivity index (χ0) is 18.2. The number of amides is 2. The first-order chi connectivity index (χ1) is 11.7. The van der Waals surface area contributed by atoms with Crippen molar-refractivity contribution in [1.82, 2.24) is 10.3 Å². The summed E-state index contributed by atoms with van der Waals surface area (Å²) in [5, 5.41) is 3.13. The van der Waals surface area contributed by atoms with Crippen LogP contribution < -0.4 is 10.6 Å². The molecule has 4 nitrogen and oxygen atoms in total. The van der Waals surface area contributed by atoms with Gasteiger partial charge in [-0.3, -0.25) is 0 Å². The molecule has 1 aromatic heterocycles. The SMILES string of the molecule is O=C1Nc2ccc(F)c(Cl)c2C(C#Cc2ccccn2)(C(F)(F)F)N1. The number of carbonyl (C=O) groups excluding carboxylic acids is 1. The standard InChI is InChI=1S/C16H8ClF4N3O/c17-13-10(18)4-5-11-12(13)15(16(19,20)21,24-14(25)23-11)7-6-9-3-1-2-8-22-9/h1-5,8H,(H2,23,24,25). The summed E-state index contributed by atoms with van der Waals surface area (Å²) in [4.78, 5) is 15.6. The molecule has 25 heavy (non-hydrogen) atoms. The molecule has 128 valence electrons. The first-order valence-electron chi connectivity index (χ1n) is 6.83. The Bertz CT molecular complexity index is 905. The molecular formula is C16H8ClF4N3O. The summed E-state index contributed by atoms with van der Waals surface area (Å²) in [7, 11) is 0. The lowest BCUT2D eigenvalue weighted by molar-refractivity contribution is -0.178. The number of rotatable bonds is 0. The number of halogens is 5. The smallest absolute Gasteiger partial charge is 0.310 e. The van der Waals surface area contributed by atoms with Gasteiger partial charge >= 0.3 is 12.2 Å². The van der Waals surface area contributed by atoms with E-state index >= 15 is 0 Å². The topological polar surface area (TPSA) is 54.0 Å². The third kappa shape index (κ3) is 2.87. The fourth-order valence-corrected chi connectivity index (χ4v) is 2.69. The lowest BCUT2D eigenvalue weighted by Gasteiger charge is -2.37. The second-order valence-corrected chi connectivity index (χ2v) is 5.45. The van der Waals surface area contributed by atoms with Gasteiger partial charge in [0, 0.05) is 11.8 Å². The lowest BCUT2D eigenvalue weighted by atomic mass is 9.86. The second-order valence-electron chi connectivity index (χ2n) is 5.08. The van der Waals surface area contributed by atoms with Crippen molar-refractivity contribution in [3.8, 4) is 11.8 Å². The van der Waals surface area contributed by atoms with Crippen LogP contribution in [0.25, 0.3) is 0 Å². The van der Waals surface area contributed by atoms with Crippen LogP contribution in [-0.2, 0) is 5.54 Å². The highest BCUT2D eigenvalue weighted by Crippen LogP contribution is 2.47. The molecule has 0 bridgehead atoms. The van der Waals surface area contributed by atoms with Crippen molar-refractivity contribution in [1.29, 1.82) is 0 Å². The van der Waals surface area contributed by atoms with E-state index in [1.807, 2.05) is 5.92 Å². The van der Waals surface area contributed by atoms with Gasteiger partial charge in [0.05, 0.1) is 10.7 Å². The van der Waals surface area contributed by atoms with Gasteiger partial charge in [-0.15, -0.1) is 0 Å². The molecule has 0 fully saturated rings. The minimum absolute atomic E-state index is 0.0491. The third-order valence-corrected chi connectivity index (χ3v) is 3.86. The minimum Gasteiger partial charge on any atom is -0.310 e. The molecule has 0 saturated heterocycles. The number of pyridine rings is 1. The van der Waals surface area contributed by atoms with Gasteiger partial charge in [-0.25, -0.2) is 14.2 Å². The van der Waals surface area contributed by atoms with Gasteiger partial charge in [-0.2, -0.15) is 13.2 Å². The Balaban J connectivity index is 2.30. The van der Waals surface area contributed by atoms with E-state index in [9.17, 15) is 22.4 Å². The van der Waals surface area contributed by atoms with Gasteiger partial charge in [-0.05, 0) is 30.2 Å². The maximum Gasteiger partial charge on any atom is 0.427 e. The van der Waals surface area contributed by atoms with Crippen molar-refractivity contribution < 1.29 is 22.4 Å². The van der Waals surface area contributed by atoms with Gasteiger partial charge in [0.25, 0.3) is 0 Å². The molecule has 1 atom stereocenters. The maximum atomic E-state index is 13.9. The molecule has 0 radical (unpaired) electrons. The van der Waals surface area contributed by atoms with Crippen LogP contribution in [0.4, 0.5) is 28.0 Å². The van der Waals surface area contributed by atoms with Gasteiger partial charge in [0.2, 0.25) is 5.54 Å². The van der Waals surface area contributed by atoms with Crippen LogP contribution in [-0.4, -0.2) is 17.2 Å². The molecule has 2 amide bonds. The highest BCUT2D eigenvalue weighted by molar-refractivity contribution is 6.32. The Morgan fingerprint density at radius 1 is 1.20 bits per heavy atom. The van der Waals surface area contributed by atoms with Crippen molar-refractivity contribution in [3.63, 3.8) is 0 Å². The van der Waals surface area contributed by atoms with Crippen molar-refractivity contribution in [2.75, 3.05) is 5.32 Å². The molecule has 2 N–H and O–H groups in total. The summed E-state index contributed by atoms with van der Waals surface area (Å²) < 4.78 is 55.5. The highest BCUT2D eigenvalue weighted by Gasteiger charge is 2.60. The number of fused-ring (bicyclic) bond motifs is 1. The number of benzene rings is 1. The Hall–Kier alpha value is -2.79. The van der Waals surface area contributed by atoms with Crippen LogP contribution >= 0.6 is 11.6 Å². The summed E-state index contributed by atoms with van der Waals surface area (Å²) in [5.41, 5.74) is -4.11. The average molecular weight is 370 g/mol. The predicted octanol–water partition coefficient (Wildman–Crippen LogP) is 3.82. The number of anilines is 1. The number of hydrogen-bond acceptors (Lipinski definition) is 2. The molecule has 3 rings (SSSR count). The van der Waals surface area contributed by atoms with E-state index in [0.717, 1.165) is 12.1 Å². The first kappa shape index (κ1) is 17.0. The van der Waals surface area contributed by atoms with Crippen LogP contribution in [0, 0.1) is 17.7 Å². The molecule has 0 spiro atoms. The molecular weight excluding hydrogens is 362 g/mol. The molecule has 1 aromatic carbocycles. The monoisotopic (exact) mass is 369 g/mol. The number of hydrogen-bond donors (Lipinski definition) is 2. The van der Waals surface area contributed by atoms with E-state index in [2.05, 4.69) is 16.2 Å². The molecule has 1 aliphatic rings. The van der Waals surface area contributed by atoms with Crippen molar-refractivity contribution in [3.05, 3.63) is 58.6 Å². The summed E-state index contributed by atoms with van der Waals surface area (Å²) in [6.45, 7) is 0. The van der Waals surface area contributed by atoms with Crippen molar-refractivity contribution >= 4 is 23.3 Å². The molecule has 0 aliphatic carbocycles. The zero-order valence-corrected chi connectivity index (χ0v) is 13.0. The van der Waals surface area contributed by atoms with Crippen LogP contribution in [0.5, 0.6) is 0 Å². The van der Waals surface area contributed by atoms with Crippen molar-refractivity contribution in [2.24, 2.45) is 0 Å². The second kappa shape index (κ2) is 5.93.